The van der Waals surface area contributed by atoms with Crippen molar-refractivity contribution in [3.8, 4) is 0 Å². The summed E-state index contributed by atoms with van der Waals surface area (Å²) in [5.41, 5.74) is 0.0606. The van der Waals surface area contributed by atoms with E-state index in [1.165, 1.54) is 19.3 Å². The molecule has 0 aromatic heterocycles. The fourth-order valence-electron chi connectivity index (χ4n) is 2.92. The van der Waals surface area contributed by atoms with Crippen LogP contribution in [0.4, 0.5) is 0 Å². The molecule has 0 spiro atoms. The van der Waals surface area contributed by atoms with Crippen molar-refractivity contribution < 1.29 is 10.2 Å². The monoisotopic (exact) mass is 243 g/mol. The van der Waals surface area contributed by atoms with Gasteiger partial charge in [-0.3, -0.25) is 4.90 Å². The first kappa shape index (κ1) is 14.9. The lowest BCUT2D eigenvalue weighted by atomic mass is 9.81. The molecule has 0 bridgehead atoms. The molecule has 0 saturated carbocycles. The molecule has 3 heteroatoms. The van der Waals surface area contributed by atoms with Gasteiger partial charge in [-0.15, -0.1) is 0 Å². The highest BCUT2D eigenvalue weighted by Crippen LogP contribution is 2.30. The normalized spacial score (nSPS) is 22.9. The summed E-state index contributed by atoms with van der Waals surface area (Å²) in [6, 6.07) is 0.526. The van der Waals surface area contributed by atoms with E-state index in [9.17, 15) is 5.11 Å². The molecule has 0 amide bonds. The van der Waals surface area contributed by atoms with Gasteiger partial charge in [-0.1, -0.05) is 20.3 Å². The molecule has 1 atom stereocenters. The topological polar surface area (TPSA) is 43.7 Å². The first-order chi connectivity index (χ1) is 8.21. The number of hydrogen-bond acceptors (Lipinski definition) is 3. The van der Waals surface area contributed by atoms with Crippen LogP contribution in [0.1, 0.15) is 52.4 Å². The Morgan fingerprint density at radius 2 is 1.88 bits per heavy atom. The van der Waals surface area contributed by atoms with Gasteiger partial charge in [-0.2, -0.15) is 0 Å². The molecule has 1 rings (SSSR count). The van der Waals surface area contributed by atoms with Crippen LogP contribution >= 0.6 is 0 Å². The van der Waals surface area contributed by atoms with E-state index >= 15 is 0 Å². The molecule has 1 aliphatic heterocycles. The summed E-state index contributed by atoms with van der Waals surface area (Å²) in [7, 11) is 0. The molecule has 1 aliphatic rings. The number of nitrogens with zero attached hydrogens (tertiary/aromatic N) is 1. The summed E-state index contributed by atoms with van der Waals surface area (Å²) >= 11 is 0. The molecule has 0 aromatic rings. The van der Waals surface area contributed by atoms with Crippen LogP contribution in [0.15, 0.2) is 0 Å². The van der Waals surface area contributed by atoms with E-state index < -0.39 is 0 Å². The highest BCUT2D eigenvalue weighted by molar-refractivity contribution is 4.85. The minimum absolute atomic E-state index is 0.0606. The Morgan fingerprint density at radius 1 is 1.18 bits per heavy atom. The first-order valence-electron chi connectivity index (χ1n) is 7.17. The number of likely N-dealkylation sites (tertiary alicyclic amines) is 1. The maximum Gasteiger partial charge on any atom is 0.0499 e. The molecule has 17 heavy (non-hydrogen) atoms. The standard InChI is InChI=1S/C14H29NO2/c1-3-14(4-2,12-17)11-15-9-6-5-7-13(15)8-10-16/h13,16-17H,3-12H2,1-2H3. The summed E-state index contributed by atoms with van der Waals surface area (Å²) in [6.07, 6.45) is 6.69. The lowest BCUT2D eigenvalue weighted by Crippen LogP contribution is -2.47. The molecule has 0 aliphatic carbocycles. The molecule has 102 valence electrons. The maximum absolute atomic E-state index is 9.65. The molecule has 0 aromatic carbocycles. The number of aliphatic hydroxyl groups is 2. The smallest absolute Gasteiger partial charge is 0.0499 e. The van der Waals surface area contributed by atoms with Crippen LogP contribution in [-0.4, -0.2) is 47.5 Å². The Hall–Kier alpha value is -0.120. The van der Waals surface area contributed by atoms with Crippen molar-refractivity contribution in [1.29, 1.82) is 0 Å². The number of piperidine rings is 1. The molecule has 1 unspecified atom stereocenters. The van der Waals surface area contributed by atoms with Gasteiger partial charge in [0.05, 0.1) is 0 Å². The summed E-state index contributed by atoms with van der Waals surface area (Å²) in [6.45, 7) is 7.02. The third kappa shape index (κ3) is 3.94. The van der Waals surface area contributed by atoms with E-state index in [-0.39, 0.29) is 18.6 Å². The average Bonchev–Trinajstić information content (AvgIpc) is 2.38. The van der Waals surface area contributed by atoms with Gasteiger partial charge in [-0.25, -0.2) is 0 Å². The summed E-state index contributed by atoms with van der Waals surface area (Å²) in [5.74, 6) is 0. The van der Waals surface area contributed by atoms with Crippen LogP contribution < -0.4 is 0 Å². The van der Waals surface area contributed by atoms with Crippen LogP contribution in [0.3, 0.4) is 0 Å². The van der Waals surface area contributed by atoms with Gasteiger partial charge < -0.3 is 10.2 Å². The zero-order valence-corrected chi connectivity index (χ0v) is 11.5. The molecule has 1 fully saturated rings. The van der Waals surface area contributed by atoms with Crippen LogP contribution in [0.5, 0.6) is 0 Å². The largest absolute Gasteiger partial charge is 0.396 e. The number of aliphatic hydroxyl groups excluding tert-OH is 2. The Balaban J connectivity index is 2.61. The lowest BCUT2D eigenvalue weighted by molar-refractivity contribution is 0.0263. The molecule has 1 heterocycles. The van der Waals surface area contributed by atoms with Crippen molar-refractivity contribution in [3.63, 3.8) is 0 Å². The second kappa shape index (κ2) is 7.34. The maximum atomic E-state index is 9.65. The van der Waals surface area contributed by atoms with Crippen molar-refractivity contribution in [2.24, 2.45) is 5.41 Å². The van der Waals surface area contributed by atoms with Crippen LogP contribution in [0.2, 0.25) is 0 Å². The first-order valence-corrected chi connectivity index (χ1v) is 7.17. The van der Waals surface area contributed by atoms with Crippen molar-refractivity contribution in [3.05, 3.63) is 0 Å². The van der Waals surface area contributed by atoms with Crippen molar-refractivity contribution in [1.82, 2.24) is 4.90 Å². The molecule has 3 nitrogen and oxygen atoms in total. The van der Waals surface area contributed by atoms with Crippen molar-refractivity contribution >= 4 is 0 Å². The molecule has 0 radical (unpaired) electrons. The highest BCUT2D eigenvalue weighted by atomic mass is 16.3. The van der Waals surface area contributed by atoms with E-state index in [1.54, 1.807) is 0 Å². The Morgan fingerprint density at radius 3 is 2.41 bits per heavy atom. The van der Waals surface area contributed by atoms with Gasteiger partial charge in [-0.05, 0) is 38.6 Å². The second-order valence-corrected chi connectivity index (χ2v) is 5.50. The predicted octanol–water partition coefficient (Wildman–Crippen LogP) is 2.02. The summed E-state index contributed by atoms with van der Waals surface area (Å²) in [4.78, 5) is 2.50. The average molecular weight is 243 g/mol. The van der Waals surface area contributed by atoms with E-state index in [4.69, 9.17) is 5.11 Å². The van der Waals surface area contributed by atoms with Crippen molar-refractivity contribution in [2.75, 3.05) is 26.3 Å². The SMILES string of the molecule is CCC(CC)(CO)CN1CCCCC1CCO. The van der Waals surface area contributed by atoms with Gasteiger partial charge in [0.25, 0.3) is 0 Å². The number of hydrogen-bond donors (Lipinski definition) is 2. The third-order valence-corrected chi connectivity index (χ3v) is 4.59. The second-order valence-electron chi connectivity index (χ2n) is 5.50. The van der Waals surface area contributed by atoms with Crippen LogP contribution in [-0.2, 0) is 0 Å². The van der Waals surface area contributed by atoms with Crippen molar-refractivity contribution in [2.45, 2.75) is 58.4 Å². The quantitative estimate of drug-likeness (QED) is 0.719. The fourth-order valence-corrected chi connectivity index (χ4v) is 2.92. The van der Waals surface area contributed by atoms with E-state index in [0.717, 1.165) is 32.4 Å². The summed E-state index contributed by atoms with van der Waals surface area (Å²) in [5, 5.41) is 18.8. The molecular weight excluding hydrogens is 214 g/mol. The Kier molecular flexibility index (Phi) is 6.45. The highest BCUT2D eigenvalue weighted by Gasteiger charge is 2.32. The van der Waals surface area contributed by atoms with E-state index in [0.29, 0.717) is 6.04 Å². The Labute approximate surface area is 106 Å². The van der Waals surface area contributed by atoms with E-state index in [1.807, 2.05) is 0 Å². The zero-order valence-electron chi connectivity index (χ0n) is 11.5. The number of rotatable bonds is 7. The third-order valence-electron chi connectivity index (χ3n) is 4.59. The van der Waals surface area contributed by atoms with Gasteiger partial charge in [0, 0.05) is 31.2 Å². The lowest BCUT2D eigenvalue weighted by Gasteiger charge is -2.42. The Bertz CT molecular complexity index is 194. The van der Waals surface area contributed by atoms with Crippen LogP contribution in [0.25, 0.3) is 0 Å². The zero-order chi connectivity index (χ0) is 12.7. The molecule has 1 saturated heterocycles. The molecule has 2 N–H and O–H groups in total. The minimum Gasteiger partial charge on any atom is -0.396 e. The van der Waals surface area contributed by atoms with Crippen LogP contribution in [0, 0.1) is 5.41 Å². The van der Waals surface area contributed by atoms with Gasteiger partial charge in [0.15, 0.2) is 0 Å². The van der Waals surface area contributed by atoms with E-state index in [2.05, 4.69) is 18.7 Å². The fraction of sp³-hybridized carbons (Fsp3) is 1.00. The minimum atomic E-state index is 0.0606. The van der Waals surface area contributed by atoms with Gasteiger partial charge in [0.1, 0.15) is 0 Å². The predicted molar refractivity (Wildman–Crippen MR) is 71.0 cm³/mol. The molecular formula is C14H29NO2. The van der Waals surface area contributed by atoms with Gasteiger partial charge >= 0.3 is 0 Å². The van der Waals surface area contributed by atoms with Gasteiger partial charge in [0.2, 0.25) is 0 Å². The summed E-state index contributed by atoms with van der Waals surface area (Å²) < 4.78 is 0.